The van der Waals surface area contributed by atoms with Gasteiger partial charge in [-0.3, -0.25) is 13.8 Å². The standard InChI is InChI=1S/C20H19N5O4/c1-19(7-4-10-28-19)25-13-6-3-2-5-12(13)24-11-21-14(15(24)17(25)26)16-22-18(29-23-16)20(27)8-9-20/h2-3,5-6,11,27H,4,7-10H2,1H3. The summed E-state index contributed by atoms with van der Waals surface area (Å²) >= 11 is 0. The predicted molar refractivity (Wildman–Crippen MR) is 102 cm³/mol. The van der Waals surface area contributed by atoms with E-state index in [1.165, 1.54) is 0 Å². The van der Waals surface area contributed by atoms with Gasteiger partial charge in [0.2, 0.25) is 5.82 Å². The minimum Gasteiger partial charge on any atom is -0.380 e. The second-order valence-electron chi connectivity index (χ2n) is 8.02. The van der Waals surface area contributed by atoms with Crippen molar-refractivity contribution in [2.45, 2.75) is 43.9 Å². The first-order chi connectivity index (χ1) is 14.0. The topological polar surface area (TPSA) is 108 Å². The molecule has 0 radical (unpaired) electrons. The molecule has 1 saturated heterocycles. The van der Waals surface area contributed by atoms with Crippen LogP contribution in [0, 0.1) is 0 Å². The Morgan fingerprint density at radius 2 is 1.97 bits per heavy atom. The van der Waals surface area contributed by atoms with Gasteiger partial charge in [-0.1, -0.05) is 17.3 Å². The Bertz CT molecular complexity index is 1320. The third-order valence-electron chi connectivity index (χ3n) is 5.99. The molecule has 9 nitrogen and oxygen atoms in total. The monoisotopic (exact) mass is 393 g/mol. The van der Waals surface area contributed by atoms with Crippen molar-refractivity contribution in [3.63, 3.8) is 0 Å². The molecule has 2 fully saturated rings. The van der Waals surface area contributed by atoms with E-state index in [0.717, 1.165) is 23.9 Å². The Hall–Kier alpha value is -3.04. The molecule has 9 heteroatoms. The molecule has 1 atom stereocenters. The molecule has 1 unspecified atom stereocenters. The van der Waals surface area contributed by atoms with E-state index in [1.807, 2.05) is 31.2 Å². The van der Waals surface area contributed by atoms with Gasteiger partial charge in [0.25, 0.3) is 11.4 Å². The molecule has 1 aromatic carbocycles. The van der Waals surface area contributed by atoms with Gasteiger partial charge in [-0.15, -0.1) is 0 Å². The molecule has 148 valence electrons. The van der Waals surface area contributed by atoms with Gasteiger partial charge in [0, 0.05) is 6.61 Å². The summed E-state index contributed by atoms with van der Waals surface area (Å²) in [5, 5.41) is 14.2. The van der Waals surface area contributed by atoms with Gasteiger partial charge in [0.15, 0.2) is 0 Å². The third-order valence-corrected chi connectivity index (χ3v) is 5.99. The van der Waals surface area contributed by atoms with Crippen LogP contribution in [-0.4, -0.2) is 35.8 Å². The van der Waals surface area contributed by atoms with E-state index < -0.39 is 11.3 Å². The molecule has 0 spiro atoms. The molecule has 29 heavy (non-hydrogen) atoms. The van der Waals surface area contributed by atoms with E-state index >= 15 is 0 Å². The van der Waals surface area contributed by atoms with Crippen LogP contribution in [0.15, 0.2) is 39.9 Å². The number of benzene rings is 1. The summed E-state index contributed by atoms with van der Waals surface area (Å²) in [5.74, 6) is 0.361. The molecule has 1 N–H and O–H groups in total. The zero-order chi connectivity index (χ0) is 19.8. The minimum atomic E-state index is -1.04. The molecular formula is C20H19N5O4. The Kier molecular flexibility index (Phi) is 3.21. The fourth-order valence-electron chi connectivity index (χ4n) is 4.22. The van der Waals surface area contributed by atoms with Gasteiger partial charge in [-0.05, 0) is 44.7 Å². The van der Waals surface area contributed by atoms with Gasteiger partial charge in [-0.2, -0.15) is 4.98 Å². The highest BCUT2D eigenvalue weighted by atomic mass is 16.5. The molecule has 1 aliphatic heterocycles. The van der Waals surface area contributed by atoms with Gasteiger partial charge >= 0.3 is 0 Å². The maximum absolute atomic E-state index is 13.7. The Labute approximate surface area is 164 Å². The summed E-state index contributed by atoms with van der Waals surface area (Å²) in [6.45, 7) is 2.55. The second kappa shape index (κ2) is 5.52. The van der Waals surface area contributed by atoms with Crippen LogP contribution in [0.4, 0.5) is 0 Å². The number of rotatable bonds is 3. The van der Waals surface area contributed by atoms with Crippen molar-refractivity contribution in [3.05, 3.63) is 46.8 Å². The molecule has 4 heterocycles. The zero-order valence-corrected chi connectivity index (χ0v) is 15.8. The molecule has 4 aromatic rings. The zero-order valence-electron chi connectivity index (χ0n) is 15.8. The van der Waals surface area contributed by atoms with Gasteiger partial charge in [0.1, 0.15) is 28.9 Å². The van der Waals surface area contributed by atoms with E-state index in [0.29, 0.717) is 30.7 Å². The lowest BCUT2D eigenvalue weighted by molar-refractivity contribution is -0.0447. The van der Waals surface area contributed by atoms with Crippen molar-refractivity contribution in [1.82, 2.24) is 24.1 Å². The predicted octanol–water partition coefficient (Wildman–Crippen LogP) is 2.16. The highest BCUT2D eigenvalue weighted by molar-refractivity contribution is 5.83. The fourth-order valence-corrected chi connectivity index (χ4v) is 4.22. The number of hydrogen-bond acceptors (Lipinski definition) is 7. The molecule has 1 saturated carbocycles. The summed E-state index contributed by atoms with van der Waals surface area (Å²) < 4.78 is 14.7. The van der Waals surface area contributed by atoms with E-state index in [4.69, 9.17) is 9.26 Å². The molecule has 3 aromatic heterocycles. The third kappa shape index (κ3) is 2.28. The van der Waals surface area contributed by atoms with Crippen LogP contribution < -0.4 is 5.56 Å². The van der Waals surface area contributed by atoms with E-state index in [-0.39, 0.29) is 17.3 Å². The van der Waals surface area contributed by atoms with Crippen LogP contribution in [0.3, 0.4) is 0 Å². The highest BCUT2D eigenvalue weighted by Crippen LogP contribution is 2.44. The molecule has 6 rings (SSSR count). The number of hydrogen-bond donors (Lipinski definition) is 1. The lowest BCUT2D eigenvalue weighted by Gasteiger charge is -2.28. The van der Waals surface area contributed by atoms with Gasteiger partial charge in [0.05, 0.1) is 11.0 Å². The summed E-state index contributed by atoms with van der Waals surface area (Å²) in [6.07, 6.45) is 4.41. The average molecular weight is 393 g/mol. The molecular weight excluding hydrogens is 374 g/mol. The highest BCUT2D eigenvalue weighted by Gasteiger charge is 2.48. The normalized spacial score (nSPS) is 23.2. The maximum atomic E-state index is 13.7. The molecule has 2 aliphatic rings. The van der Waals surface area contributed by atoms with Crippen molar-refractivity contribution in [1.29, 1.82) is 0 Å². The van der Waals surface area contributed by atoms with E-state index in [2.05, 4.69) is 15.1 Å². The summed E-state index contributed by atoms with van der Waals surface area (Å²) in [7, 11) is 0. The van der Waals surface area contributed by atoms with Crippen LogP contribution in [0.25, 0.3) is 28.1 Å². The first kappa shape index (κ1) is 16.9. The molecule has 0 amide bonds. The number of fused-ring (bicyclic) bond motifs is 3. The SMILES string of the molecule is CC1(n2c(=O)c3c(-c4noc(C5(O)CC5)n4)ncn3c3ccccc32)CCCO1. The molecule has 0 bridgehead atoms. The number of nitrogens with zero attached hydrogens (tertiary/aromatic N) is 5. The smallest absolute Gasteiger partial charge is 0.280 e. The van der Waals surface area contributed by atoms with Crippen molar-refractivity contribution in [2.24, 2.45) is 0 Å². The number of aromatic nitrogens is 5. The number of imidazole rings is 1. The van der Waals surface area contributed by atoms with Crippen LogP contribution >= 0.6 is 0 Å². The van der Waals surface area contributed by atoms with E-state index in [1.54, 1.807) is 15.3 Å². The van der Waals surface area contributed by atoms with Gasteiger partial charge in [-0.25, -0.2) is 4.98 Å². The van der Waals surface area contributed by atoms with Crippen LogP contribution in [-0.2, 0) is 16.1 Å². The van der Waals surface area contributed by atoms with Crippen LogP contribution in [0.1, 0.15) is 38.5 Å². The lowest BCUT2D eigenvalue weighted by Crippen LogP contribution is -2.39. The quantitative estimate of drug-likeness (QED) is 0.568. The number of para-hydroxylation sites is 2. The summed E-state index contributed by atoms with van der Waals surface area (Å²) in [4.78, 5) is 22.4. The Morgan fingerprint density at radius 3 is 2.69 bits per heavy atom. The Balaban J connectivity index is 1.66. The largest absolute Gasteiger partial charge is 0.380 e. The summed E-state index contributed by atoms with van der Waals surface area (Å²) in [6, 6.07) is 7.68. The maximum Gasteiger partial charge on any atom is 0.280 e. The van der Waals surface area contributed by atoms with Crippen molar-refractivity contribution in [3.8, 4) is 11.5 Å². The van der Waals surface area contributed by atoms with Crippen molar-refractivity contribution < 1.29 is 14.4 Å². The van der Waals surface area contributed by atoms with Crippen molar-refractivity contribution in [2.75, 3.05) is 6.61 Å². The van der Waals surface area contributed by atoms with Crippen LogP contribution in [0.5, 0.6) is 0 Å². The van der Waals surface area contributed by atoms with Crippen LogP contribution in [0.2, 0.25) is 0 Å². The van der Waals surface area contributed by atoms with E-state index in [9.17, 15) is 9.90 Å². The second-order valence-corrected chi connectivity index (χ2v) is 8.02. The van der Waals surface area contributed by atoms with Gasteiger partial charge < -0.3 is 14.4 Å². The lowest BCUT2D eigenvalue weighted by atomic mass is 10.1. The Morgan fingerprint density at radius 1 is 1.17 bits per heavy atom. The fraction of sp³-hybridized carbons (Fsp3) is 0.400. The van der Waals surface area contributed by atoms with Crippen molar-refractivity contribution >= 4 is 16.6 Å². The first-order valence-corrected chi connectivity index (χ1v) is 9.72. The first-order valence-electron chi connectivity index (χ1n) is 9.72. The molecule has 1 aliphatic carbocycles. The summed E-state index contributed by atoms with van der Waals surface area (Å²) in [5.41, 5.74) is 0.300. The average Bonchev–Trinajstić information content (AvgIpc) is 3.16. The number of aliphatic hydroxyl groups is 1. The minimum absolute atomic E-state index is 0.167. The number of ether oxygens (including phenoxy) is 1.